The van der Waals surface area contributed by atoms with E-state index in [4.69, 9.17) is 15.2 Å². The first-order valence-corrected chi connectivity index (χ1v) is 9.19. The van der Waals surface area contributed by atoms with Crippen molar-refractivity contribution in [3.8, 4) is 11.5 Å². The van der Waals surface area contributed by atoms with Gasteiger partial charge in [0.1, 0.15) is 17.1 Å². The first-order chi connectivity index (χ1) is 13.5. The number of aromatic nitrogens is 1. The van der Waals surface area contributed by atoms with E-state index in [1.54, 1.807) is 24.3 Å². The van der Waals surface area contributed by atoms with Gasteiger partial charge in [0.05, 0.1) is 12.6 Å². The number of primary amides is 1. The monoisotopic (exact) mass is 385 g/mol. The Labute approximate surface area is 162 Å². The number of pyridine rings is 1. The summed E-state index contributed by atoms with van der Waals surface area (Å²) in [6.07, 6.45) is 2.19. The topological polar surface area (TPSA) is 124 Å². The van der Waals surface area contributed by atoms with Gasteiger partial charge < -0.3 is 25.5 Å². The van der Waals surface area contributed by atoms with Gasteiger partial charge in [0.15, 0.2) is 6.61 Å². The summed E-state index contributed by atoms with van der Waals surface area (Å²) in [5.41, 5.74) is 6.09. The summed E-state index contributed by atoms with van der Waals surface area (Å²) < 4.78 is 10.9. The fourth-order valence-corrected chi connectivity index (χ4v) is 3.26. The molecule has 2 aromatic rings. The third-order valence-electron chi connectivity index (χ3n) is 4.56. The van der Waals surface area contributed by atoms with Gasteiger partial charge in [-0.3, -0.25) is 14.4 Å². The second-order valence-corrected chi connectivity index (χ2v) is 6.52. The molecule has 1 atom stereocenters. The Kier molecular flexibility index (Phi) is 5.98. The molecule has 1 aliphatic carbocycles. The Morgan fingerprint density at radius 1 is 1.21 bits per heavy atom. The molecule has 0 fully saturated rings. The standard InChI is InChI=1S/C20H23N3O5/c1-2-27-12-6-8-13(9-7-12)28-11-18(24)22-16-4-3-5-17-14(16)10-15(19(21)25)20(26)23-17/h6-10,16H,2-5,11H2,1H3,(H2,21,25)(H,22,24)(H,23,26). The molecule has 1 aromatic heterocycles. The van der Waals surface area contributed by atoms with Gasteiger partial charge in [0, 0.05) is 5.69 Å². The van der Waals surface area contributed by atoms with Crippen molar-refractivity contribution in [3.05, 3.63) is 57.5 Å². The first kappa shape index (κ1) is 19.5. The number of benzene rings is 1. The molecule has 1 heterocycles. The van der Waals surface area contributed by atoms with Crippen molar-refractivity contribution in [1.29, 1.82) is 0 Å². The molecule has 3 rings (SSSR count). The molecule has 0 saturated heterocycles. The predicted octanol–water partition coefficient (Wildman–Crippen LogP) is 1.45. The molecule has 8 nitrogen and oxygen atoms in total. The second-order valence-electron chi connectivity index (χ2n) is 6.52. The van der Waals surface area contributed by atoms with E-state index in [0.29, 0.717) is 30.8 Å². The molecule has 0 bridgehead atoms. The summed E-state index contributed by atoms with van der Waals surface area (Å²) in [5.74, 6) is 0.206. The molecular weight excluding hydrogens is 362 g/mol. The van der Waals surface area contributed by atoms with Crippen LogP contribution in [0.25, 0.3) is 0 Å². The van der Waals surface area contributed by atoms with Crippen LogP contribution in [-0.4, -0.2) is 30.0 Å². The number of hydrogen-bond donors (Lipinski definition) is 3. The number of carbonyl (C=O) groups is 2. The van der Waals surface area contributed by atoms with Crippen LogP contribution in [0.5, 0.6) is 11.5 Å². The highest BCUT2D eigenvalue weighted by atomic mass is 16.5. The highest BCUT2D eigenvalue weighted by Crippen LogP contribution is 2.28. The number of H-pyrrole nitrogens is 1. The average molecular weight is 385 g/mol. The molecule has 1 aromatic carbocycles. The fraction of sp³-hybridized carbons (Fsp3) is 0.350. The Hall–Kier alpha value is -3.29. The first-order valence-electron chi connectivity index (χ1n) is 9.19. The minimum absolute atomic E-state index is 0.106. The summed E-state index contributed by atoms with van der Waals surface area (Å²) in [5, 5.41) is 2.90. The van der Waals surface area contributed by atoms with Crippen LogP contribution in [-0.2, 0) is 11.2 Å². The Morgan fingerprint density at radius 3 is 2.54 bits per heavy atom. The van der Waals surface area contributed by atoms with Crippen molar-refractivity contribution >= 4 is 11.8 Å². The summed E-state index contributed by atoms with van der Waals surface area (Å²) >= 11 is 0. The minimum atomic E-state index is -0.793. The number of carbonyl (C=O) groups excluding carboxylic acids is 2. The van der Waals surface area contributed by atoms with E-state index < -0.39 is 11.5 Å². The van der Waals surface area contributed by atoms with E-state index in [1.807, 2.05) is 6.92 Å². The van der Waals surface area contributed by atoms with Gasteiger partial charge in [-0.15, -0.1) is 0 Å². The minimum Gasteiger partial charge on any atom is -0.494 e. The van der Waals surface area contributed by atoms with Crippen molar-refractivity contribution in [1.82, 2.24) is 10.3 Å². The van der Waals surface area contributed by atoms with E-state index in [-0.39, 0.29) is 24.1 Å². The third kappa shape index (κ3) is 4.51. The lowest BCUT2D eigenvalue weighted by Crippen LogP contribution is -2.36. The van der Waals surface area contributed by atoms with Crippen LogP contribution < -0.4 is 26.1 Å². The largest absolute Gasteiger partial charge is 0.494 e. The Balaban J connectivity index is 1.64. The predicted molar refractivity (Wildman–Crippen MR) is 103 cm³/mol. The lowest BCUT2D eigenvalue weighted by atomic mass is 9.90. The zero-order chi connectivity index (χ0) is 20.1. The fourth-order valence-electron chi connectivity index (χ4n) is 3.26. The van der Waals surface area contributed by atoms with Gasteiger partial charge in [-0.2, -0.15) is 0 Å². The number of amides is 2. The molecule has 8 heteroatoms. The van der Waals surface area contributed by atoms with E-state index in [1.165, 1.54) is 6.07 Å². The van der Waals surface area contributed by atoms with Crippen molar-refractivity contribution in [3.63, 3.8) is 0 Å². The van der Waals surface area contributed by atoms with Gasteiger partial charge in [-0.05, 0) is 62.1 Å². The number of rotatable bonds is 7. The Bertz CT molecular complexity index is 920. The smallest absolute Gasteiger partial charge is 0.261 e. The van der Waals surface area contributed by atoms with Crippen LogP contribution in [0.4, 0.5) is 0 Å². The van der Waals surface area contributed by atoms with E-state index in [0.717, 1.165) is 17.9 Å². The summed E-state index contributed by atoms with van der Waals surface area (Å²) in [6.45, 7) is 2.33. The summed E-state index contributed by atoms with van der Waals surface area (Å²) in [6, 6.07) is 8.19. The number of fused-ring (bicyclic) bond motifs is 1. The second kappa shape index (κ2) is 8.60. The van der Waals surface area contributed by atoms with Crippen molar-refractivity contribution < 1.29 is 19.1 Å². The molecule has 148 valence electrons. The molecular formula is C20H23N3O5. The number of aromatic amines is 1. The van der Waals surface area contributed by atoms with Gasteiger partial charge in [-0.1, -0.05) is 0 Å². The van der Waals surface area contributed by atoms with Crippen LogP contribution in [0.1, 0.15) is 47.4 Å². The molecule has 0 saturated carbocycles. The molecule has 28 heavy (non-hydrogen) atoms. The Morgan fingerprint density at radius 2 is 1.89 bits per heavy atom. The van der Waals surface area contributed by atoms with Crippen LogP contribution in [0.2, 0.25) is 0 Å². The molecule has 1 aliphatic rings. The maximum Gasteiger partial charge on any atom is 0.261 e. The zero-order valence-electron chi connectivity index (χ0n) is 15.6. The van der Waals surface area contributed by atoms with Crippen LogP contribution in [0, 0.1) is 0 Å². The van der Waals surface area contributed by atoms with Crippen LogP contribution in [0.3, 0.4) is 0 Å². The van der Waals surface area contributed by atoms with Crippen molar-refractivity contribution in [2.45, 2.75) is 32.2 Å². The van der Waals surface area contributed by atoms with Gasteiger partial charge in [0.25, 0.3) is 17.4 Å². The van der Waals surface area contributed by atoms with E-state index in [2.05, 4.69) is 10.3 Å². The quantitative estimate of drug-likeness (QED) is 0.665. The molecule has 0 radical (unpaired) electrons. The highest BCUT2D eigenvalue weighted by molar-refractivity contribution is 5.92. The van der Waals surface area contributed by atoms with Gasteiger partial charge in [-0.25, -0.2) is 0 Å². The van der Waals surface area contributed by atoms with Crippen LogP contribution in [0.15, 0.2) is 35.1 Å². The summed E-state index contributed by atoms with van der Waals surface area (Å²) in [7, 11) is 0. The molecule has 0 aliphatic heterocycles. The number of hydrogen-bond acceptors (Lipinski definition) is 5. The van der Waals surface area contributed by atoms with Crippen molar-refractivity contribution in [2.24, 2.45) is 5.73 Å². The number of aryl methyl sites for hydroxylation is 1. The lowest BCUT2D eigenvalue weighted by Gasteiger charge is -2.26. The van der Waals surface area contributed by atoms with E-state index >= 15 is 0 Å². The maximum absolute atomic E-state index is 12.3. The van der Waals surface area contributed by atoms with Gasteiger partial charge in [0.2, 0.25) is 0 Å². The molecule has 0 spiro atoms. The number of nitrogens with one attached hydrogen (secondary N) is 2. The SMILES string of the molecule is CCOc1ccc(OCC(=O)NC2CCCc3[nH]c(=O)c(C(N)=O)cc32)cc1. The van der Waals surface area contributed by atoms with E-state index in [9.17, 15) is 14.4 Å². The lowest BCUT2D eigenvalue weighted by molar-refractivity contribution is -0.124. The normalized spacial score (nSPS) is 15.4. The zero-order valence-corrected chi connectivity index (χ0v) is 15.6. The highest BCUT2D eigenvalue weighted by Gasteiger charge is 2.25. The van der Waals surface area contributed by atoms with Crippen LogP contribution >= 0.6 is 0 Å². The van der Waals surface area contributed by atoms with Gasteiger partial charge >= 0.3 is 0 Å². The maximum atomic E-state index is 12.3. The number of nitrogens with two attached hydrogens (primary N) is 1. The third-order valence-corrected chi connectivity index (χ3v) is 4.56. The molecule has 2 amide bonds. The molecule has 4 N–H and O–H groups in total. The average Bonchev–Trinajstić information content (AvgIpc) is 2.67. The number of ether oxygens (including phenoxy) is 2. The summed E-state index contributed by atoms with van der Waals surface area (Å²) in [4.78, 5) is 38.4. The van der Waals surface area contributed by atoms with Crippen molar-refractivity contribution in [2.75, 3.05) is 13.2 Å². The molecule has 1 unspecified atom stereocenters.